The molecule has 1 aromatic carbocycles. The van der Waals surface area contributed by atoms with Crippen LogP contribution in [-0.4, -0.2) is 42.7 Å². The maximum Gasteiger partial charge on any atom is 0.227 e. The van der Waals surface area contributed by atoms with Gasteiger partial charge in [0.05, 0.1) is 5.69 Å². The Kier molecular flexibility index (Phi) is 4.93. The van der Waals surface area contributed by atoms with Crippen LogP contribution in [0, 0.1) is 12.7 Å². The first-order valence-electron chi connectivity index (χ1n) is 8.12. The number of aromatic nitrogens is 2. The summed E-state index contributed by atoms with van der Waals surface area (Å²) in [5, 5.41) is 3.20. The van der Waals surface area contributed by atoms with Crippen molar-refractivity contribution in [3.05, 3.63) is 54.5 Å². The summed E-state index contributed by atoms with van der Waals surface area (Å²) in [6.07, 6.45) is 1.80. The second-order valence-corrected chi connectivity index (χ2v) is 5.79. The summed E-state index contributed by atoms with van der Waals surface area (Å²) >= 11 is 0. The van der Waals surface area contributed by atoms with E-state index in [-0.39, 0.29) is 5.82 Å². The molecule has 1 aromatic heterocycles. The van der Waals surface area contributed by atoms with Crippen LogP contribution in [0.3, 0.4) is 0 Å². The predicted molar refractivity (Wildman–Crippen MR) is 96.3 cm³/mol. The molecule has 6 heteroatoms. The van der Waals surface area contributed by atoms with Gasteiger partial charge < -0.3 is 15.1 Å². The van der Waals surface area contributed by atoms with Crippen molar-refractivity contribution in [2.24, 2.45) is 0 Å². The number of rotatable bonds is 5. The van der Waals surface area contributed by atoms with E-state index >= 15 is 0 Å². The third kappa shape index (κ3) is 3.64. The van der Waals surface area contributed by atoms with Crippen LogP contribution in [0.4, 0.5) is 21.8 Å². The standard InChI is InChI=1S/C18H22FN5/c1-3-8-20-17-13-14(2)21-18(22-17)24-11-9-23(10-12-24)16-7-5-4-6-15(16)19/h3-7,13H,1,8-12H2,2H3,(H,20,21,22). The van der Waals surface area contributed by atoms with Gasteiger partial charge >= 0.3 is 0 Å². The highest BCUT2D eigenvalue weighted by Gasteiger charge is 2.21. The van der Waals surface area contributed by atoms with Gasteiger partial charge in [-0.15, -0.1) is 6.58 Å². The average molecular weight is 327 g/mol. The second kappa shape index (κ2) is 7.29. The molecule has 0 spiro atoms. The third-order valence-electron chi connectivity index (χ3n) is 4.03. The molecule has 0 radical (unpaired) electrons. The summed E-state index contributed by atoms with van der Waals surface area (Å²) in [5.41, 5.74) is 1.58. The van der Waals surface area contributed by atoms with Gasteiger partial charge in [0.2, 0.25) is 5.95 Å². The van der Waals surface area contributed by atoms with E-state index in [0.29, 0.717) is 12.2 Å². The molecular weight excluding hydrogens is 305 g/mol. The third-order valence-corrected chi connectivity index (χ3v) is 4.03. The van der Waals surface area contributed by atoms with Crippen LogP contribution in [0.1, 0.15) is 5.69 Å². The number of nitrogens with zero attached hydrogens (tertiary/aromatic N) is 4. The summed E-state index contributed by atoms with van der Waals surface area (Å²) in [4.78, 5) is 13.3. The summed E-state index contributed by atoms with van der Waals surface area (Å²) in [6, 6.07) is 8.83. The van der Waals surface area contributed by atoms with Crippen LogP contribution in [0.25, 0.3) is 0 Å². The Balaban J connectivity index is 1.69. The molecule has 1 N–H and O–H groups in total. The number of benzene rings is 1. The Labute approximate surface area is 141 Å². The second-order valence-electron chi connectivity index (χ2n) is 5.79. The quantitative estimate of drug-likeness (QED) is 0.856. The minimum Gasteiger partial charge on any atom is -0.366 e. The average Bonchev–Trinajstić information content (AvgIpc) is 2.60. The van der Waals surface area contributed by atoms with Crippen LogP contribution in [-0.2, 0) is 0 Å². The highest BCUT2D eigenvalue weighted by Crippen LogP contribution is 2.22. The fraction of sp³-hybridized carbons (Fsp3) is 0.333. The van der Waals surface area contributed by atoms with E-state index in [1.165, 1.54) is 6.07 Å². The van der Waals surface area contributed by atoms with E-state index in [9.17, 15) is 4.39 Å². The number of piperazine rings is 1. The minimum atomic E-state index is -0.173. The molecule has 0 saturated carbocycles. The van der Waals surface area contributed by atoms with Gasteiger partial charge in [-0.2, -0.15) is 4.98 Å². The van der Waals surface area contributed by atoms with Crippen molar-refractivity contribution >= 4 is 17.5 Å². The molecule has 2 aromatic rings. The molecule has 1 fully saturated rings. The van der Waals surface area contributed by atoms with Gasteiger partial charge in [0.1, 0.15) is 11.6 Å². The molecule has 24 heavy (non-hydrogen) atoms. The van der Waals surface area contributed by atoms with Crippen molar-refractivity contribution < 1.29 is 4.39 Å². The van der Waals surface area contributed by atoms with Crippen molar-refractivity contribution in [1.29, 1.82) is 0 Å². The summed E-state index contributed by atoms with van der Waals surface area (Å²) in [5.74, 6) is 1.34. The number of halogens is 1. The molecule has 1 aliphatic heterocycles. The van der Waals surface area contributed by atoms with Gasteiger partial charge in [0.15, 0.2) is 0 Å². The van der Waals surface area contributed by atoms with E-state index in [1.54, 1.807) is 12.1 Å². The van der Waals surface area contributed by atoms with E-state index < -0.39 is 0 Å². The lowest BCUT2D eigenvalue weighted by Crippen LogP contribution is -2.47. The zero-order valence-corrected chi connectivity index (χ0v) is 13.9. The van der Waals surface area contributed by atoms with Crippen LogP contribution < -0.4 is 15.1 Å². The van der Waals surface area contributed by atoms with Gasteiger partial charge in [0, 0.05) is 44.5 Å². The Morgan fingerprint density at radius 2 is 1.88 bits per heavy atom. The van der Waals surface area contributed by atoms with Gasteiger partial charge in [-0.3, -0.25) is 0 Å². The molecule has 0 bridgehead atoms. The van der Waals surface area contributed by atoms with Crippen LogP contribution in [0.2, 0.25) is 0 Å². The SMILES string of the molecule is C=CCNc1cc(C)nc(N2CCN(c3ccccc3F)CC2)n1. The molecule has 1 saturated heterocycles. The minimum absolute atomic E-state index is 0.173. The van der Waals surface area contributed by atoms with Crippen LogP contribution >= 0.6 is 0 Å². The Morgan fingerprint density at radius 3 is 2.58 bits per heavy atom. The van der Waals surface area contributed by atoms with E-state index in [2.05, 4.69) is 31.7 Å². The number of hydrogen-bond acceptors (Lipinski definition) is 5. The van der Waals surface area contributed by atoms with Gasteiger partial charge in [-0.05, 0) is 19.1 Å². The number of nitrogens with one attached hydrogen (secondary N) is 1. The Hall–Kier alpha value is -2.63. The molecule has 2 heterocycles. The van der Waals surface area contributed by atoms with Crippen molar-refractivity contribution in [2.75, 3.05) is 47.8 Å². The fourth-order valence-corrected chi connectivity index (χ4v) is 2.82. The lowest BCUT2D eigenvalue weighted by molar-refractivity contribution is 0.594. The maximum atomic E-state index is 13.9. The number of para-hydroxylation sites is 1. The Bertz CT molecular complexity index is 710. The summed E-state index contributed by atoms with van der Waals surface area (Å²) < 4.78 is 13.9. The Morgan fingerprint density at radius 1 is 1.17 bits per heavy atom. The number of aryl methyl sites for hydroxylation is 1. The van der Waals surface area contributed by atoms with Gasteiger partial charge in [-0.25, -0.2) is 9.37 Å². The molecular formula is C18H22FN5. The van der Waals surface area contributed by atoms with E-state index in [4.69, 9.17) is 0 Å². The smallest absolute Gasteiger partial charge is 0.227 e. The van der Waals surface area contributed by atoms with E-state index in [0.717, 1.165) is 43.6 Å². The monoisotopic (exact) mass is 327 g/mol. The highest BCUT2D eigenvalue weighted by molar-refractivity contribution is 5.50. The molecule has 0 aliphatic carbocycles. The molecule has 0 atom stereocenters. The van der Waals surface area contributed by atoms with Crippen molar-refractivity contribution in [2.45, 2.75) is 6.92 Å². The van der Waals surface area contributed by atoms with Crippen LogP contribution in [0.15, 0.2) is 43.0 Å². The number of hydrogen-bond donors (Lipinski definition) is 1. The molecule has 3 rings (SSSR count). The lowest BCUT2D eigenvalue weighted by atomic mass is 10.2. The molecule has 1 aliphatic rings. The van der Waals surface area contributed by atoms with Gasteiger partial charge in [0.25, 0.3) is 0 Å². The molecule has 126 valence electrons. The number of anilines is 3. The van der Waals surface area contributed by atoms with E-state index in [1.807, 2.05) is 25.1 Å². The van der Waals surface area contributed by atoms with Crippen molar-refractivity contribution in [3.8, 4) is 0 Å². The molecule has 0 amide bonds. The molecule has 5 nitrogen and oxygen atoms in total. The van der Waals surface area contributed by atoms with Gasteiger partial charge in [-0.1, -0.05) is 18.2 Å². The van der Waals surface area contributed by atoms with Crippen LogP contribution in [0.5, 0.6) is 0 Å². The summed E-state index contributed by atoms with van der Waals surface area (Å²) in [6.45, 7) is 9.34. The molecule has 0 unspecified atom stereocenters. The first-order valence-corrected chi connectivity index (χ1v) is 8.12. The van der Waals surface area contributed by atoms with Crippen molar-refractivity contribution in [1.82, 2.24) is 9.97 Å². The zero-order chi connectivity index (χ0) is 16.9. The predicted octanol–water partition coefficient (Wildman–Crippen LogP) is 2.85. The normalized spacial score (nSPS) is 14.6. The summed E-state index contributed by atoms with van der Waals surface area (Å²) in [7, 11) is 0. The fourth-order valence-electron chi connectivity index (χ4n) is 2.82. The highest BCUT2D eigenvalue weighted by atomic mass is 19.1. The largest absolute Gasteiger partial charge is 0.366 e. The lowest BCUT2D eigenvalue weighted by Gasteiger charge is -2.36. The first kappa shape index (κ1) is 16.2. The topological polar surface area (TPSA) is 44.3 Å². The maximum absolute atomic E-state index is 13.9. The first-order chi connectivity index (χ1) is 11.7. The zero-order valence-electron chi connectivity index (χ0n) is 13.9. The van der Waals surface area contributed by atoms with Crippen molar-refractivity contribution in [3.63, 3.8) is 0 Å².